The fourth-order valence-electron chi connectivity index (χ4n) is 4.92. The standard InChI is InChI=1S/C28H32N4O5S/c1-35-23-9-6-20(15-24(23)36-2)26(33)29-17-18-4-3-5-19(14-18)27(34)31-28-30-22-8-7-21(16-25(22)38-28)32-10-12-37-13-11-32/h3-6,9,14-15,21H,7-8,10-13,16-17H2,1-2H3,(H,29,33)(H,30,31,34)/t21-/m1/s1. The Hall–Kier alpha value is -3.47. The topological polar surface area (TPSA) is 102 Å². The number of ether oxygens (including phenoxy) is 3. The Labute approximate surface area is 226 Å². The van der Waals surface area contributed by atoms with Crippen molar-refractivity contribution in [2.75, 3.05) is 45.8 Å². The van der Waals surface area contributed by atoms with Gasteiger partial charge in [-0.15, -0.1) is 11.3 Å². The molecule has 1 saturated heterocycles. The third-order valence-corrected chi connectivity index (χ3v) is 8.02. The predicted molar refractivity (Wildman–Crippen MR) is 145 cm³/mol. The van der Waals surface area contributed by atoms with E-state index in [1.807, 2.05) is 12.1 Å². The molecule has 1 atom stereocenters. The number of carbonyl (C=O) groups is 2. The maximum atomic E-state index is 13.0. The van der Waals surface area contributed by atoms with Crippen LogP contribution in [0.5, 0.6) is 11.5 Å². The molecule has 2 amide bonds. The number of thiazole rings is 1. The maximum absolute atomic E-state index is 13.0. The summed E-state index contributed by atoms with van der Waals surface area (Å²) in [6.45, 7) is 3.84. The number of carbonyl (C=O) groups excluding carboxylic acids is 2. The van der Waals surface area contributed by atoms with Gasteiger partial charge in [-0.2, -0.15) is 0 Å². The van der Waals surface area contributed by atoms with Gasteiger partial charge in [-0.1, -0.05) is 12.1 Å². The van der Waals surface area contributed by atoms with Crippen LogP contribution in [-0.2, 0) is 24.1 Å². The SMILES string of the molecule is COc1ccc(C(=O)NCc2cccc(C(=O)Nc3nc4c(s3)C[C@H](N3CCOCC3)CC4)c2)cc1OC. The van der Waals surface area contributed by atoms with Crippen LogP contribution < -0.4 is 20.1 Å². The lowest BCUT2D eigenvalue weighted by molar-refractivity contribution is 0.0139. The van der Waals surface area contributed by atoms with Crippen LogP contribution in [0.3, 0.4) is 0 Å². The Kier molecular flexibility index (Phi) is 8.21. The summed E-state index contributed by atoms with van der Waals surface area (Å²) >= 11 is 1.57. The highest BCUT2D eigenvalue weighted by atomic mass is 32.1. The first-order chi connectivity index (χ1) is 18.5. The summed E-state index contributed by atoms with van der Waals surface area (Å²) in [6, 6.07) is 12.8. The Balaban J connectivity index is 1.18. The van der Waals surface area contributed by atoms with E-state index >= 15 is 0 Å². The molecule has 9 nitrogen and oxygen atoms in total. The van der Waals surface area contributed by atoms with Gasteiger partial charge < -0.3 is 19.5 Å². The van der Waals surface area contributed by atoms with Gasteiger partial charge in [-0.25, -0.2) is 4.98 Å². The second-order valence-corrected chi connectivity index (χ2v) is 10.4. The minimum absolute atomic E-state index is 0.214. The molecule has 1 aliphatic heterocycles. The molecule has 200 valence electrons. The van der Waals surface area contributed by atoms with E-state index in [1.54, 1.807) is 48.8 Å². The van der Waals surface area contributed by atoms with Crippen LogP contribution in [-0.4, -0.2) is 68.3 Å². The summed E-state index contributed by atoms with van der Waals surface area (Å²) in [7, 11) is 3.07. The van der Waals surface area contributed by atoms with Gasteiger partial charge in [0, 0.05) is 41.7 Å². The lowest BCUT2D eigenvalue weighted by atomic mass is 9.96. The van der Waals surface area contributed by atoms with Crippen molar-refractivity contribution in [2.24, 2.45) is 0 Å². The van der Waals surface area contributed by atoms with Gasteiger partial charge in [0.1, 0.15) is 0 Å². The molecular weight excluding hydrogens is 504 g/mol. The largest absolute Gasteiger partial charge is 0.493 e. The van der Waals surface area contributed by atoms with E-state index in [-0.39, 0.29) is 18.4 Å². The van der Waals surface area contributed by atoms with Gasteiger partial charge >= 0.3 is 0 Å². The molecule has 1 aromatic heterocycles. The predicted octanol–water partition coefficient (Wildman–Crippen LogP) is 3.53. The van der Waals surface area contributed by atoms with Crippen molar-refractivity contribution in [2.45, 2.75) is 31.8 Å². The van der Waals surface area contributed by atoms with Crippen molar-refractivity contribution in [1.29, 1.82) is 0 Å². The molecule has 10 heteroatoms. The molecule has 2 aliphatic rings. The Morgan fingerprint density at radius 2 is 1.84 bits per heavy atom. The fraction of sp³-hybridized carbons (Fsp3) is 0.393. The van der Waals surface area contributed by atoms with E-state index in [4.69, 9.17) is 19.2 Å². The van der Waals surface area contributed by atoms with Gasteiger partial charge in [0.15, 0.2) is 16.6 Å². The molecule has 0 saturated carbocycles. The third kappa shape index (κ3) is 5.98. The molecule has 0 unspecified atom stereocenters. The number of amides is 2. The van der Waals surface area contributed by atoms with Crippen molar-refractivity contribution in [3.8, 4) is 11.5 Å². The molecule has 5 rings (SSSR count). The number of rotatable bonds is 8. The molecular formula is C28H32N4O5S. The number of hydrogen-bond donors (Lipinski definition) is 2. The number of aromatic nitrogens is 1. The Bertz CT molecular complexity index is 1300. The van der Waals surface area contributed by atoms with Crippen molar-refractivity contribution >= 4 is 28.3 Å². The number of nitrogens with one attached hydrogen (secondary N) is 2. The van der Waals surface area contributed by atoms with E-state index in [1.165, 1.54) is 12.0 Å². The highest BCUT2D eigenvalue weighted by Gasteiger charge is 2.28. The summed E-state index contributed by atoms with van der Waals surface area (Å²) < 4.78 is 16.0. The first-order valence-electron chi connectivity index (χ1n) is 12.7. The number of aryl methyl sites for hydroxylation is 1. The molecule has 2 aromatic carbocycles. The lowest BCUT2D eigenvalue weighted by Gasteiger charge is -2.36. The highest BCUT2D eigenvalue weighted by molar-refractivity contribution is 7.15. The van der Waals surface area contributed by atoms with Gasteiger partial charge in [0.05, 0.1) is 33.1 Å². The van der Waals surface area contributed by atoms with E-state index < -0.39 is 0 Å². The maximum Gasteiger partial charge on any atom is 0.257 e. The van der Waals surface area contributed by atoms with Gasteiger partial charge in [-0.05, 0) is 55.2 Å². The molecule has 1 fully saturated rings. The molecule has 0 spiro atoms. The minimum atomic E-state index is -0.246. The zero-order valence-corrected chi connectivity index (χ0v) is 22.4. The first-order valence-corrected chi connectivity index (χ1v) is 13.6. The smallest absolute Gasteiger partial charge is 0.257 e. The van der Waals surface area contributed by atoms with Crippen molar-refractivity contribution < 1.29 is 23.8 Å². The van der Waals surface area contributed by atoms with Crippen molar-refractivity contribution in [1.82, 2.24) is 15.2 Å². The van der Waals surface area contributed by atoms with Crippen LogP contribution in [0.15, 0.2) is 42.5 Å². The van der Waals surface area contributed by atoms with Crippen LogP contribution >= 0.6 is 11.3 Å². The lowest BCUT2D eigenvalue weighted by Crippen LogP contribution is -2.45. The number of hydrogen-bond acceptors (Lipinski definition) is 8. The number of methoxy groups -OCH3 is 2. The van der Waals surface area contributed by atoms with Crippen LogP contribution in [0.1, 0.15) is 43.3 Å². The first kappa shape index (κ1) is 26.1. The molecule has 1 aliphatic carbocycles. The van der Waals surface area contributed by atoms with E-state index in [9.17, 15) is 9.59 Å². The van der Waals surface area contributed by atoms with Crippen LogP contribution in [0.2, 0.25) is 0 Å². The third-order valence-electron chi connectivity index (χ3n) is 6.98. The zero-order chi connectivity index (χ0) is 26.5. The van der Waals surface area contributed by atoms with E-state index in [2.05, 4.69) is 15.5 Å². The number of anilines is 1. The summed E-state index contributed by atoms with van der Waals surface area (Å²) in [5, 5.41) is 6.50. The van der Waals surface area contributed by atoms with E-state index in [0.29, 0.717) is 33.8 Å². The number of fused-ring (bicyclic) bond motifs is 1. The zero-order valence-electron chi connectivity index (χ0n) is 21.6. The minimum Gasteiger partial charge on any atom is -0.493 e. The molecule has 38 heavy (non-hydrogen) atoms. The number of morpholine rings is 1. The molecule has 0 radical (unpaired) electrons. The molecule has 2 heterocycles. The molecule has 2 N–H and O–H groups in total. The normalized spacial score (nSPS) is 17.4. The van der Waals surface area contributed by atoms with Crippen molar-refractivity contribution in [3.63, 3.8) is 0 Å². The summed E-state index contributed by atoms with van der Waals surface area (Å²) in [5.74, 6) is 0.582. The molecule has 3 aromatic rings. The summed E-state index contributed by atoms with van der Waals surface area (Å²) in [4.78, 5) is 34.1. The summed E-state index contributed by atoms with van der Waals surface area (Å²) in [6.07, 6.45) is 2.98. The number of nitrogens with zero attached hydrogens (tertiary/aromatic N) is 2. The van der Waals surface area contributed by atoms with Crippen LogP contribution in [0, 0.1) is 0 Å². The van der Waals surface area contributed by atoms with Crippen molar-refractivity contribution in [3.05, 3.63) is 69.7 Å². The highest BCUT2D eigenvalue weighted by Crippen LogP contribution is 2.32. The quantitative estimate of drug-likeness (QED) is 0.454. The van der Waals surface area contributed by atoms with Gasteiger partial charge in [0.2, 0.25) is 0 Å². The van der Waals surface area contributed by atoms with Crippen LogP contribution in [0.25, 0.3) is 0 Å². The van der Waals surface area contributed by atoms with E-state index in [0.717, 1.165) is 56.8 Å². The van der Waals surface area contributed by atoms with Gasteiger partial charge in [0.25, 0.3) is 11.8 Å². The number of benzene rings is 2. The summed E-state index contributed by atoms with van der Waals surface area (Å²) in [5.41, 5.74) is 2.89. The Morgan fingerprint density at radius 1 is 1.05 bits per heavy atom. The Morgan fingerprint density at radius 3 is 2.63 bits per heavy atom. The van der Waals surface area contributed by atoms with Gasteiger partial charge in [-0.3, -0.25) is 19.8 Å². The average molecular weight is 537 g/mol. The second-order valence-electron chi connectivity index (χ2n) is 9.34. The molecule has 0 bridgehead atoms. The monoisotopic (exact) mass is 536 g/mol. The second kappa shape index (κ2) is 11.9. The average Bonchev–Trinajstić information content (AvgIpc) is 3.37. The fourth-order valence-corrected chi connectivity index (χ4v) is 5.99. The van der Waals surface area contributed by atoms with Crippen LogP contribution in [0.4, 0.5) is 5.13 Å².